The maximum absolute atomic E-state index is 10.3. The lowest BCUT2D eigenvalue weighted by Crippen LogP contribution is -2.48. The topological polar surface area (TPSA) is 84.3 Å². The highest BCUT2D eigenvalue weighted by Gasteiger charge is 2.38. The van der Waals surface area contributed by atoms with Crippen molar-refractivity contribution in [2.45, 2.75) is 24.5 Å². The van der Waals surface area contributed by atoms with E-state index in [4.69, 9.17) is 10.2 Å². The second kappa shape index (κ2) is 3.68. The lowest BCUT2D eigenvalue weighted by molar-refractivity contribution is -0.0197. The molecule has 1 aliphatic heterocycles. The molecular weight excluding hydrogens is 182 g/mol. The molecule has 1 saturated heterocycles. The van der Waals surface area contributed by atoms with Gasteiger partial charge in [-0.2, -0.15) is 0 Å². The minimum Gasteiger partial charge on any atom is -0.447 e. The molecular formula is C9H15N3O2. The zero-order chi connectivity index (χ0) is 10.0. The van der Waals surface area contributed by atoms with Crippen molar-refractivity contribution in [1.82, 2.24) is 10.3 Å². The van der Waals surface area contributed by atoms with E-state index in [1.165, 1.54) is 6.39 Å². The molecule has 4 N–H and O–H groups in total. The van der Waals surface area contributed by atoms with Gasteiger partial charge in [-0.15, -0.1) is 0 Å². The summed E-state index contributed by atoms with van der Waals surface area (Å²) in [5.41, 5.74) is 5.08. The summed E-state index contributed by atoms with van der Waals surface area (Å²) < 4.78 is 5.10. The van der Waals surface area contributed by atoms with Crippen molar-refractivity contribution in [3.63, 3.8) is 0 Å². The number of hydrogen-bond donors (Lipinski definition) is 3. The monoisotopic (exact) mass is 197 g/mol. The van der Waals surface area contributed by atoms with Gasteiger partial charge in [0.15, 0.2) is 6.39 Å². The highest BCUT2D eigenvalue weighted by Crippen LogP contribution is 2.30. The van der Waals surface area contributed by atoms with E-state index in [2.05, 4.69) is 10.3 Å². The van der Waals surface area contributed by atoms with Crippen molar-refractivity contribution in [3.8, 4) is 0 Å². The smallest absolute Gasteiger partial charge is 0.180 e. The van der Waals surface area contributed by atoms with E-state index in [0.717, 1.165) is 13.1 Å². The maximum Gasteiger partial charge on any atom is 0.180 e. The van der Waals surface area contributed by atoms with Crippen LogP contribution in [0.1, 0.15) is 24.6 Å². The normalized spacial score (nSPS) is 23.3. The number of aromatic nitrogens is 1. The van der Waals surface area contributed by atoms with Gasteiger partial charge in [0.25, 0.3) is 0 Å². The van der Waals surface area contributed by atoms with Crippen LogP contribution in [0.15, 0.2) is 17.0 Å². The van der Waals surface area contributed by atoms with E-state index < -0.39 is 11.6 Å². The molecule has 5 nitrogen and oxygen atoms in total. The zero-order valence-electron chi connectivity index (χ0n) is 7.94. The fraction of sp³-hybridized carbons (Fsp3) is 0.667. The second-order valence-electron chi connectivity index (χ2n) is 3.74. The number of nitrogens with one attached hydrogen (secondary N) is 1. The molecule has 1 fully saturated rings. The quantitative estimate of drug-likeness (QED) is 0.611. The number of oxazole rings is 1. The molecule has 0 amide bonds. The average molecular weight is 197 g/mol. The molecule has 5 heteroatoms. The average Bonchev–Trinajstić information content (AvgIpc) is 2.70. The standard InChI is InChI=1S/C9H15N3O2/c10-8(7-5-12-6-14-7)9(13)1-3-11-4-2-9/h5-6,8,11,13H,1-4,10H2. The highest BCUT2D eigenvalue weighted by molar-refractivity contribution is 5.06. The predicted octanol–water partition coefficient (Wildman–Crippen LogP) is -0.211. The van der Waals surface area contributed by atoms with Crippen molar-refractivity contribution in [3.05, 3.63) is 18.4 Å². The van der Waals surface area contributed by atoms with E-state index in [9.17, 15) is 5.11 Å². The van der Waals surface area contributed by atoms with Crippen molar-refractivity contribution < 1.29 is 9.52 Å². The van der Waals surface area contributed by atoms with E-state index in [-0.39, 0.29) is 0 Å². The summed E-state index contributed by atoms with van der Waals surface area (Å²) in [4.78, 5) is 3.80. The first-order valence-corrected chi connectivity index (χ1v) is 4.79. The number of piperidine rings is 1. The van der Waals surface area contributed by atoms with Crippen LogP contribution < -0.4 is 11.1 Å². The molecule has 0 spiro atoms. The Labute approximate surface area is 82.3 Å². The van der Waals surface area contributed by atoms with Gasteiger partial charge in [0.05, 0.1) is 17.8 Å². The van der Waals surface area contributed by atoms with Crippen LogP contribution in [0.25, 0.3) is 0 Å². The van der Waals surface area contributed by atoms with Gasteiger partial charge in [0.1, 0.15) is 5.76 Å². The van der Waals surface area contributed by atoms with Gasteiger partial charge in [-0.25, -0.2) is 4.98 Å². The number of nitrogens with zero attached hydrogens (tertiary/aromatic N) is 1. The molecule has 78 valence electrons. The first-order valence-electron chi connectivity index (χ1n) is 4.79. The summed E-state index contributed by atoms with van der Waals surface area (Å²) in [6.45, 7) is 1.58. The van der Waals surface area contributed by atoms with Crippen LogP contribution in [0, 0.1) is 0 Å². The minimum atomic E-state index is -0.856. The maximum atomic E-state index is 10.3. The molecule has 2 heterocycles. The van der Waals surface area contributed by atoms with Gasteiger partial charge < -0.3 is 20.6 Å². The first-order chi connectivity index (χ1) is 6.72. The summed E-state index contributed by atoms with van der Waals surface area (Å²) in [6, 6.07) is -0.480. The predicted molar refractivity (Wildman–Crippen MR) is 50.5 cm³/mol. The summed E-state index contributed by atoms with van der Waals surface area (Å²) in [5.74, 6) is 0.550. The molecule has 1 aromatic heterocycles. The highest BCUT2D eigenvalue weighted by atomic mass is 16.3. The molecule has 0 aliphatic carbocycles. The zero-order valence-corrected chi connectivity index (χ0v) is 7.94. The molecule has 1 aromatic rings. The van der Waals surface area contributed by atoms with E-state index in [1.807, 2.05) is 0 Å². The van der Waals surface area contributed by atoms with Crippen LogP contribution in [0.5, 0.6) is 0 Å². The van der Waals surface area contributed by atoms with Gasteiger partial charge in [0, 0.05) is 0 Å². The number of hydrogen-bond acceptors (Lipinski definition) is 5. The summed E-state index contributed by atoms with van der Waals surface area (Å²) in [5, 5.41) is 13.4. The van der Waals surface area contributed by atoms with E-state index in [0.29, 0.717) is 18.6 Å². The Hall–Kier alpha value is -0.910. The van der Waals surface area contributed by atoms with Gasteiger partial charge in [0.2, 0.25) is 0 Å². The summed E-state index contributed by atoms with van der Waals surface area (Å²) >= 11 is 0. The van der Waals surface area contributed by atoms with E-state index in [1.54, 1.807) is 6.20 Å². The summed E-state index contributed by atoms with van der Waals surface area (Å²) in [7, 11) is 0. The number of nitrogens with two attached hydrogens (primary N) is 1. The van der Waals surface area contributed by atoms with Crippen LogP contribution in [0.2, 0.25) is 0 Å². The van der Waals surface area contributed by atoms with Crippen molar-refractivity contribution >= 4 is 0 Å². The van der Waals surface area contributed by atoms with Crippen LogP contribution in [-0.2, 0) is 0 Å². The van der Waals surface area contributed by atoms with Gasteiger partial charge in [-0.3, -0.25) is 0 Å². The third-order valence-electron chi connectivity index (χ3n) is 2.81. The first kappa shape index (κ1) is 9.64. The van der Waals surface area contributed by atoms with Crippen molar-refractivity contribution in [1.29, 1.82) is 0 Å². The van der Waals surface area contributed by atoms with Crippen LogP contribution >= 0.6 is 0 Å². The lowest BCUT2D eigenvalue weighted by atomic mass is 9.84. The third kappa shape index (κ3) is 1.66. The molecule has 0 aromatic carbocycles. The summed E-state index contributed by atoms with van der Waals surface area (Å²) in [6.07, 6.45) is 4.19. The molecule has 1 aliphatic rings. The number of rotatable bonds is 2. The molecule has 1 atom stereocenters. The van der Waals surface area contributed by atoms with Crippen LogP contribution in [0.3, 0.4) is 0 Å². The van der Waals surface area contributed by atoms with Crippen molar-refractivity contribution in [2.75, 3.05) is 13.1 Å². The van der Waals surface area contributed by atoms with Crippen molar-refractivity contribution in [2.24, 2.45) is 5.73 Å². The van der Waals surface area contributed by atoms with Crippen LogP contribution in [-0.4, -0.2) is 28.8 Å². The third-order valence-corrected chi connectivity index (χ3v) is 2.81. The van der Waals surface area contributed by atoms with Gasteiger partial charge in [-0.1, -0.05) is 0 Å². The Morgan fingerprint density at radius 3 is 2.86 bits per heavy atom. The SMILES string of the molecule is NC(c1cnco1)C1(O)CCNCC1. The fourth-order valence-electron chi connectivity index (χ4n) is 1.81. The fourth-order valence-corrected chi connectivity index (χ4v) is 1.81. The molecule has 0 saturated carbocycles. The second-order valence-corrected chi connectivity index (χ2v) is 3.74. The van der Waals surface area contributed by atoms with E-state index >= 15 is 0 Å². The number of aliphatic hydroxyl groups is 1. The van der Waals surface area contributed by atoms with Gasteiger partial charge in [-0.05, 0) is 25.9 Å². The Morgan fingerprint density at radius 1 is 1.57 bits per heavy atom. The van der Waals surface area contributed by atoms with Gasteiger partial charge >= 0.3 is 0 Å². The molecule has 0 radical (unpaired) electrons. The molecule has 2 rings (SSSR count). The molecule has 14 heavy (non-hydrogen) atoms. The minimum absolute atomic E-state index is 0.480. The Bertz CT molecular complexity index is 280. The Morgan fingerprint density at radius 2 is 2.29 bits per heavy atom. The largest absolute Gasteiger partial charge is 0.447 e. The molecule has 0 bridgehead atoms. The Kier molecular flexibility index (Phi) is 2.54. The molecule has 1 unspecified atom stereocenters. The van der Waals surface area contributed by atoms with Crippen LogP contribution in [0.4, 0.5) is 0 Å². The lowest BCUT2D eigenvalue weighted by Gasteiger charge is -2.36. The Balaban J connectivity index is 2.13.